The number of carbonyl (C=O) groups is 3. The minimum atomic E-state index is -1.19. The fourth-order valence-corrected chi connectivity index (χ4v) is 7.57. The second-order valence-corrected chi connectivity index (χ2v) is 12.5. The number of halogens is 2. The Morgan fingerprint density at radius 1 is 1.29 bits per heavy atom. The minimum absolute atomic E-state index is 0.00342. The quantitative estimate of drug-likeness (QED) is 0.263. The topological polar surface area (TPSA) is 135 Å². The van der Waals surface area contributed by atoms with E-state index in [1.54, 1.807) is 24.3 Å². The summed E-state index contributed by atoms with van der Waals surface area (Å²) in [5, 5.41) is 21.6. The molecule has 0 unspecified atom stereocenters. The molecule has 2 N–H and O–H groups in total. The van der Waals surface area contributed by atoms with Gasteiger partial charge in [-0.3, -0.25) is 14.5 Å². The number of amides is 2. The number of ether oxygens (including phenoxy) is 1. The number of aliphatic carboxylic acids is 1. The van der Waals surface area contributed by atoms with E-state index in [9.17, 15) is 19.5 Å². The fraction of sp³-hybridized carbons (Fsp3) is 0.261. The van der Waals surface area contributed by atoms with Gasteiger partial charge in [-0.2, -0.15) is 0 Å². The molecule has 2 aliphatic heterocycles. The van der Waals surface area contributed by atoms with E-state index >= 15 is 0 Å². The van der Waals surface area contributed by atoms with Gasteiger partial charge in [-0.15, -0.1) is 22.0 Å². The smallest absolute Gasteiger partial charge is 0.352 e. The van der Waals surface area contributed by atoms with Crippen LogP contribution in [0.25, 0.3) is 0 Å². The molecule has 3 aromatic rings. The van der Waals surface area contributed by atoms with Crippen LogP contribution < -0.4 is 10.1 Å². The Morgan fingerprint density at radius 3 is 2.82 bits per heavy atom. The maximum atomic E-state index is 12.9. The Hall–Kier alpha value is -2.71. The summed E-state index contributed by atoms with van der Waals surface area (Å²) < 4.78 is 11.9. The van der Waals surface area contributed by atoms with Gasteiger partial charge in [0.1, 0.15) is 40.2 Å². The Morgan fingerprint density at radius 2 is 2.11 bits per heavy atom. The molecule has 2 amide bonds. The van der Waals surface area contributed by atoms with Crippen molar-refractivity contribution >= 4 is 75.8 Å². The zero-order valence-corrected chi connectivity index (χ0v) is 23.4. The number of hydrogen-bond donors (Lipinski definition) is 2. The summed E-state index contributed by atoms with van der Waals surface area (Å²) in [5.41, 5.74) is 0.572. The van der Waals surface area contributed by atoms with Gasteiger partial charge in [-0.05, 0) is 42.8 Å². The number of aryl methyl sites for hydroxylation is 1. The molecule has 4 heterocycles. The van der Waals surface area contributed by atoms with Crippen molar-refractivity contribution in [3.05, 3.63) is 68.2 Å². The molecule has 2 aliphatic rings. The van der Waals surface area contributed by atoms with E-state index in [0.29, 0.717) is 38.6 Å². The summed E-state index contributed by atoms with van der Waals surface area (Å²) >= 11 is 16.2. The summed E-state index contributed by atoms with van der Waals surface area (Å²) in [5.74, 6) is -0.712. The number of furan rings is 1. The maximum Gasteiger partial charge on any atom is 0.352 e. The van der Waals surface area contributed by atoms with Gasteiger partial charge in [0.2, 0.25) is 0 Å². The number of carboxylic acid groups (broad SMARTS) is 1. The van der Waals surface area contributed by atoms with E-state index in [1.165, 1.54) is 45.8 Å². The number of aromatic nitrogens is 2. The SMILES string of the molecule is Cc1nnc(SCC2=C(C(=O)O)N3C(=O)[C@H](NC(=O)c4ccc(COc5ccc(Cl)cc5Cl)o4)[C@H]3SC2)s1. The molecule has 1 fully saturated rings. The third-order valence-electron chi connectivity index (χ3n) is 5.56. The van der Waals surface area contributed by atoms with E-state index in [1.807, 2.05) is 6.92 Å². The molecule has 38 heavy (non-hydrogen) atoms. The number of β-lactam (4-membered cyclic amide) rings is 1. The highest BCUT2D eigenvalue weighted by molar-refractivity contribution is 8.01. The van der Waals surface area contributed by atoms with Gasteiger partial charge in [0, 0.05) is 16.5 Å². The number of fused-ring (bicyclic) bond motifs is 1. The van der Waals surface area contributed by atoms with Crippen molar-refractivity contribution in [2.75, 3.05) is 11.5 Å². The van der Waals surface area contributed by atoms with Crippen LogP contribution in [-0.2, 0) is 16.2 Å². The van der Waals surface area contributed by atoms with Crippen LogP contribution >= 0.6 is 58.1 Å². The maximum absolute atomic E-state index is 12.9. The average molecular weight is 614 g/mol. The number of thioether (sulfide) groups is 2. The molecule has 10 nitrogen and oxygen atoms in total. The highest BCUT2D eigenvalue weighted by atomic mass is 35.5. The molecule has 2 aromatic heterocycles. The van der Waals surface area contributed by atoms with Crippen molar-refractivity contribution in [2.24, 2.45) is 0 Å². The molecular formula is C23H18Cl2N4O6S3. The van der Waals surface area contributed by atoms with Crippen molar-refractivity contribution < 1.29 is 28.6 Å². The molecule has 1 saturated heterocycles. The largest absolute Gasteiger partial charge is 0.484 e. The number of nitrogens with zero attached hydrogens (tertiary/aromatic N) is 3. The molecule has 0 aliphatic carbocycles. The van der Waals surface area contributed by atoms with Crippen LogP contribution in [0.15, 0.2) is 50.4 Å². The first-order chi connectivity index (χ1) is 18.2. The van der Waals surface area contributed by atoms with Crippen LogP contribution in [-0.4, -0.2) is 60.9 Å². The van der Waals surface area contributed by atoms with Crippen LogP contribution in [0, 0.1) is 6.92 Å². The first kappa shape index (κ1) is 26.9. The molecule has 0 bridgehead atoms. The monoisotopic (exact) mass is 612 g/mol. The Bertz CT molecular complexity index is 1460. The fourth-order valence-electron chi connectivity index (χ4n) is 3.81. The van der Waals surface area contributed by atoms with Crippen molar-refractivity contribution in [3.8, 4) is 5.75 Å². The molecule has 0 radical (unpaired) electrons. The number of carboxylic acids is 1. The first-order valence-corrected chi connectivity index (χ1v) is 14.6. The first-order valence-electron chi connectivity index (χ1n) is 11.0. The Balaban J connectivity index is 1.20. The predicted molar refractivity (Wildman–Crippen MR) is 144 cm³/mol. The molecule has 198 valence electrons. The normalized spacial score (nSPS) is 18.7. The highest BCUT2D eigenvalue weighted by Gasteiger charge is 2.54. The molecule has 0 spiro atoms. The van der Waals surface area contributed by atoms with Gasteiger partial charge in [0.05, 0.1) is 5.02 Å². The third-order valence-corrected chi connectivity index (χ3v) is 9.49. The van der Waals surface area contributed by atoms with Gasteiger partial charge in [0.25, 0.3) is 11.8 Å². The summed E-state index contributed by atoms with van der Waals surface area (Å²) in [6.45, 7) is 1.86. The molecular weight excluding hydrogens is 595 g/mol. The lowest BCUT2D eigenvalue weighted by molar-refractivity contribution is -0.148. The summed E-state index contributed by atoms with van der Waals surface area (Å²) in [6.07, 6.45) is 0. The average Bonchev–Trinajstić information content (AvgIpc) is 3.53. The van der Waals surface area contributed by atoms with Crippen molar-refractivity contribution in [2.45, 2.75) is 29.3 Å². The van der Waals surface area contributed by atoms with E-state index in [2.05, 4.69) is 15.5 Å². The van der Waals surface area contributed by atoms with Gasteiger partial charge in [0.15, 0.2) is 10.1 Å². The summed E-state index contributed by atoms with van der Waals surface area (Å²) in [6, 6.07) is 6.99. The summed E-state index contributed by atoms with van der Waals surface area (Å²) in [7, 11) is 0. The second kappa shape index (κ2) is 11.2. The van der Waals surface area contributed by atoms with Crippen LogP contribution in [0.2, 0.25) is 10.0 Å². The van der Waals surface area contributed by atoms with E-state index in [4.69, 9.17) is 32.4 Å². The van der Waals surface area contributed by atoms with Gasteiger partial charge in [-0.25, -0.2) is 4.79 Å². The number of carbonyl (C=O) groups excluding carboxylic acids is 2. The lowest BCUT2D eigenvalue weighted by Crippen LogP contribution is -2.70. The van der Waals surface area contributed by atoms with E-state index in [0.717, 1.165) is 9.35 Å². The van der Waals surface area contributed by atoms with Crippen LogP contribution in [0.4, 0.5) is 0 Å². The third kappa shape index (κ3) is 5.52. The van der Waals surface area contributed by atoms with E-state index in [-0.39, 0.29) is 18.1 Å². The minimum Gasteiger partial charge on any atom is -0.484 e. The number of benzene rings is 1. The predicted octanol–water partition coefficient (Wildman–Crippen LogP) is 4.47. The van der Waals surface area contributed by atoms with Gasteiger partial charge < -0.3 is 19.6 Å². The number of rotatable bonds is 9. The zero-order valence-electron chi connectivity index (χ0n) is 19.5. The highest BCUT2D eigenvalue weighted by Crippen LogP contribution is 2.42. The standard InChI is InChI=1S/C23H18Cl2N4O6S3/c1-10-27-28-23(38-10)37-9-11-8-36-21-17(20(31)29(21)18(11)22(32)33)26-19(30)16-5-3-13(35-16)7-34-15-4-2-12(24)6-14(15)25/h2-6,17,21H,7-9H2,1H3,(H,26,30)(H,32,33)/t17-,21+/m0/s1. The lowest BCUT2D eigenvalue weighted by atomic mass is 10.0. The Kier molecular flexibility index (Phi) is 7.91. The molecule has 15 heteroatoms. The van der Waals surface area contributed by atoms with Crippen molar-refractivity contribution in [1.82, 2.24) is 20.4 Å². The molecule has 1 aromatic carbocycles. The molecule has 2 atom stereocenters. The van der Waals surface area contributed by atoms with Crippen LogP contribution in [0.3, 0.4) is 0 Å². The van der Waals surface area contributed by atoms with E-state index < -0.39 is 29.2 Å². The van der Waals surface area contributed by atoms with Gasteiger partial charge in [-0.1, -0.05) is 46.3 Å². The lowest BCUT2D eigenvalue weighted by Gasteiger charge is -2.49. The second-order valence-electron chi connectivity index (χ2n) is 8.12. The van der Waals surface area contributed by atoms with Crippen molar-refractivity contribution in [3.63, 3.8) is 0 Å². The van der Waals surface area contributed by atoms with Crippen LogP contribution in [0.1, 0.15) is 21.3 Å². The zero-order chi connectivity index (χ0) is 27.0. The van der Waals surface area contributed by atoms with Gasteiger partial charge >= 0.3 is 5.97 Å². The summed E-state index contributed by atoms with van der Waals surface area (Å²) in [4.78, 5) is 39.0. The Labute approximate surface area is 238 Å². The number of nitrogens with one attached hydrogen (secondary N) is 1. The number of hydrogen-bond acceptors (Lipinski definition) is 10. The molecule has 0 saturated carbocycles. The van der Waals surface area contributed by atoms with Crippen LogP contribution in [0.5, 0.6) is 5.75 Å². The van der Waals surface area contributed by atoms with Crippen molar-refractivity contribution in [1.29, 1.82) is 0 Å². The molecule has 5 rings (SSSR count).